The van der Waals surface area contributed by atoms with Crippen LogP contribution in [-0.2, 0) is 6.42 Å². The number of anilines is 1. The van der Waals surface area contributed by atoms with Crippen LogP contribution in [0.5, 0.6) is 0 Å². The molecule has 2 rings (SSSR count). The van der Waals surface area contributed by atoms with Gasteiger partial charge in [0.05, 0.1) is 5.69 Å². The lowest BCUT2D eigenvalue weighted by Gasteiger charge is -2.05. The highest BCUT2D eigenvalue weighted by molar-refractivity contribution is 5.67. The molecule has 0 fully saturated rings. The van der Waals surface area contributed by atoms with Crippen molar-refractivity contribution in [2.24, 2.45) is 0 Å². The van der Waals surface area contributed by atoms with Crippen molar-refractivity contribution in [3.63, 3.8) is 0 Å². The van der Waals surface area contributed by atoms with Gasteiger partial charge in [0.1, 0.15) is 5.76 Å². The fourth-order valence-corrected chi connectivity index (χ4v) is 1.79. The van der Waals surface area contributed by atoms with Crippen molar-refractivity contribution in [3.8, 4) is 11.3 Å². The SMILES string of the molecule is CCc1oc(=O)[nH]c1-c1ccc(N)cc1C. The lowest BCUT2D eigenvalue weighted by molar-refractivity contribution is 0.474. The van der Waals surface area contributed by atoms with Gasteiger partial charge in [-0.2, -0.15) is 0 Å². The number of nitrogens with two attached hydrogens (primary N) is 1. The maximum absolute atomic E-state index is 11.2. The predicted octanol–water partition coefficient (Wildman–Crippen LogP) is 2.09. The molecule has 84 valence electrons. The summed E-state index contributed by atoms with van der Waals surface area (Å²) in [6, 6.07) is 5.58. The van der Waals surface area contributed by atoms with Gasteiger partial charge in [0.15, 0.2) is 0 Å². The van der Waals surface area contributed by atoms with Crippen LogP contribution in [0.25, 0.3) is 11.3 Å². The molecule has 0 unspecified atom stereocenters. The van der Waals surface area contributed by atoms with Gasteiger partial charge in [0.25, 0.3) is 0 Å². The van der Waals surface area contributed by atoms with Crippen LogP contribution in [0.1, 0.15) is 18.2 Å². The first kappa shape index (κ1) is 10.5. The summed E-state index contributed by atoms with van der Waals surface area (Å²) in [5, 5.41) is 0. The number of nitrogens with one attached hydrogen (secondary N) is 1. The van der Waals surface area contributed by atoms with Crippen LogP contribution in [0.15, 0.2) is 27.4 Å². The molecule has 4 heteroatoms. The molecule has 0 atom stereocenters. The second kappa shape index (κ2) is 3.89. The van der Waals surface area contributed by atoms with Gasteiger partial charge < -0.3 is 10.2 Å². The summed E-state index contributed by atoms with van der Waals surface area (Å²) in [4.78, 5) is 13.9. The van der Waals surface area contributed by atoms with Crippen molar-refractivity contribution >= 4 is 5.69 Å². The lowest BCUT2D eigenvalue weighted by atomic mass is 10.0. The highest BCUT2D eigenvalue weighted by Gasteiger charge is 2.12. The van der Waals surface area contributed by atoms with Crippen LogP contribution in [0.4, 0.5) is 5.69 Å². The first-order valence-corrected chi connectivity index (χ1v) is 5.20. The van der Waals surface area contributed by atoms with E-state index < -0.39 is 5.76 Å². The molecule has 0 amide bonds. The third kappa shape index (κ3) is 1.74. The van der Waals surface area contributed by atoms with Crippen molar-refractivity contribution in [1.29, 1.82) is 0 Å². The van der Waals surface area contributed by atoms with E-state index in [2.05, 4.69) is 4.98 Å². The molecule has 1 aromatic heterocycles. The number of aromatic nitrogens is 1. The Hall–Kier alpha value is -1.97. The van der Waals surface area contributed by atoms with E-state index in [1.807, 2.05) is 32.0 Å². The van der Waals surface area contributed by atoms with Gasteiger partial charge in [-0.3, -0.25) is 4.98 Å². The van der Waals surface area contributed by atoms with E-state index in [1.165, 1.54) is 0 Å². The summed E-state index contributed by atoms with van der Waals surface area (Å²) in [5.41, 5.74) is 9.13. The molecule has 0 bridgehead atoms. The van der Waals surface area contributed by atoms with Crippen molar-refractivity contribution in [2.45, 2.75) is 20.3 Å². The van der Waals surface area contributed by atoms with E-state index in [0.717, 1.165) is 16.8 Å². The van der Waals surface area contributed by atoms with Gasteiger partial charge >= 0.3 is 5.76 Å². The number of hydrogen-bond acceptors (Lipinski definition) is 3. The molecule has 0 radical (unpaired) electrons. The van der Waals surface area contributed by atoms with Crippen molar-refractivity contribution in [1.82, 2.24) is 4.98 Å². The Balaban J connectivity index is 2.62. The van der Waals surface area contributed by atoms with Gasteiger partial charge in [0.2, 0.25) is 0 Å². The number of hydrogen-bond donors (Lipinski definition) is 2. The Kier molecular flexibility index (Phi) is 2.56. The number of nitrogen functional groups attached to an aromatic ring is 1. The maximum atomic E-state index is 11.2. The number of aromatic amines is 1. The zero-order valence-electron chi connectivity index (χ0n) is 9.33. The summed E-state index contributed by atoms with van der Waals surface area (Å²) in [7, 11) is 0. The molecule has 3 N–H and O–H groups in total. The molecule has 2 aromatic rings. The molecule has 0 aliphatic heterocycles. The minimum Gasteiger partial charge on any atom is -0.412 e. The van der Waals surface area contributed by atoms with Gasteiger partial charge in [-0.05, 0) is 24.6 Å². The number of H-pyrrole nitrogens is 1. The zero-order valence-corrected chi connectivity index (χ0v) is 9.33. The summed E-state index contributed by atoms with van der Waals surface area (Å²) < 4.78 is 5.06. The van der Waals surface area contributed by atoms with E-state index in [0.29, 0.717) is 17.9 Å². The smallest absolute Gasteiger partial charge is 0.412 e. The number of aryl methyl sites for hydroxylation is 2. The lowest BCUT2D eigenvalue weighted by Crippen LogP contribution is -1.96. The highest BCUT2D eigenvalue weighted by atomic mass is 16.4. The van der Waals surface area contributed by atoms with Crippen LogP contribution in [0.2, 0.25) is 0 Å². The van der Waals surface area contributed by atoms with E-state index in [9.17, 15) is 4.79 Å². The highest BCUT2D eigenvalue weighted by Crippen LogP contribution is 2.25. The van der Waals surface area contributed by atoms with E-state index in [4.69, 9.17) is 10.2 Å². The predicted molar refractivity (Wildman–Crippen MR) is 63.3 cm³/mol. The molecule has 0 saturated carbocycles. The molecular weight excluding hydrogens is 204 g/mol. The summed E-state index contributed by atoms with van der Waals surface area (Å²) in [6.45, 7) is 3.90. The number of oxazole rings is 1. The molecule has 16 heavy (non-hydrogen) atoms. The fraction of sp³-hybridized carbons (Fsp3) is 0.250. The van der Waals surface area contributed by atoms with Gasteiger partial charge in [-0.1, -0.05) is 13.0 Å². The third-order valence-corrected chi connectivity index (χ3v) is 2.56. The summed E-state index contributed by atoms with van der Waals surface area (Å²) in [6.07, 6.45) is 0.678. The standard InChI is InChI=1S/C12H14N2O2/c1-3-10-11(14-12(15)16-10)9-5-4-8(13)6-7(9)2/h4-6H,3,13H2,1-2H3,(H,14,15). The van der Waals surface area contributed by atoms with Crippen molar-refractivity contribution in [2.75, 3.05) is 5.73 Å². The third-order valence-electron chi connectivity index (χ3n) is 2.56. The molecule has 1 aromatic carbocycles. The Morgan fingerprint density at radius 3 is 2.81 bits per heavy atom. The molecule has 0 aliphatic rings. The first-order valence-electron chi connectivity index (χ1n) is 5.20. The van der Waals surface area contributed by atoms with Gasteiger partial charge in [-0.25, -0.2) is 4.79 Å². The van der Waals surface area contributed by atoms with Crippen LogP contribution >= 0.6 is 0 Å². The molecular formula is C12H14N2O2. The Morgan fingerprint density at radius 2 is 2.19 bits per heavy atom. The second-order valence-electron chi connectivity index (χ2n) is 3.74. The Bertz CT molecular complexity index is 567. The van der Waals surface area contributed by atoms with Crippen LogP contribution in [-0.4, -0.2) is 4.98 Å². The van der Waals surface area contributed by atoms with E-state index >= 15 is 0 Å². The Morgan fingerprint density at radius 1 is 1.44 bits per heavy atom. The summed E-state index contributed by atoms with van der Waals surface area (Å²) in [5.74, 6) is 0.265. The zero-order chi connectivity index (χ0) is 11.7. The molecule has 1 heterocycles. The first-order chi connectivity index (χ1) is 7.61. The molecule has 0 aliphatic carbocycles. The van der Waals surface area contributed by atoms with Crippen LogP contribution in [0, 0.1) is 6.92 Å². The van der Waals surface area contributed by atoms with Crippen molar-refractivity contribution < 1.29 is 4.42 Å². The normalized spacial score (nSPS) is 10.6. The van der Waals surface area contributed by atoms with E-state index in [1.54, 1.807) is 0 Å². The number of benzene rings is 1. The quantitative estimate of drug-likeness (QED) is 0.758. The average Bonchev–Trinajstić information content (AvgIpc) is 2.59. The minimum atomic E-state index is -0.414. The van der Waals surface area contributed by atoms with Gasteiger partial charge in [0, 0.05) is 17.7 Å². The van der Waals surface area contributed by atoms with Crippen LogP contribution < -0.4 is 11.5 Å². The molecule has 4 nitrogen and oxygen atoms in total. The molecule has 0 spiro atoms. The van der Waals surface area contributed by atoms with Gasteiger partial charge in [-0.15, -0.1) is 0 Å². The number of rotatable bonds is 2. The Labute approximate surface area is 93.1 Å². The largest absolute Gasteiger partial charge is 0.416 e. The maximum Gasteiger partial charge on any atom is 0.416 e. The molecule has 0 saturated heterocycles. The topological polar surface area (TPSA) is 72.0 Å². The summed E-state index contributed by atoms with van der Waals surface area (Å²) >= 11 is 0. The second-order valence-corrected chi connectivity index (χ2v) is 3.74. The average molecular weight is 218 g/mol. The fourth-order valence-electron chi connectivity index (χ4n) is 1.79. The monoisotopic (exact) mass is 218 g/mol. The van der Waals surface area contributed by atoms with Crippen LogP contribution in [0.3, 0.4) is 0 Å². The van der Waals surface area contributed by atoms with Crippen molar-refractivity contribution in [3.05, 3.63) is 40.1 Å². The minimum absolute atomic E-state index is 0.414. The van der Waals surface area contributed by atoms with E-state index in [-0.39, 0.29) is 0 Å².